The van der Waals surface area contributed by atoms with Gasteiger partial charge in [-0.1, -0.05) is 0 Å². The molecule has 1 rings (SSSR count). The van der Waals surface area contributed by atoms with Gasteiger partial charge in [-0.2, -0.15) is 0 Å². The van der Waals surface area contributed by atoms with Crippen molar-refractivity contribution in [2.45, 2.75) is 20.3 Å². The highest BCUT2D eigenvalue weighted by Crippen LogP contribution is 2.33. The van der Waals surface area contributed by atoms with Crippen molar-refractivity contribution >= 4 is 6.29 Å². The highest BCUT2D eigenvalue weighted by molar-refractivity contribution is 5.62. The van der Waals surface area contributed by atoms with Crippen LogP contribution >= 0.6 is 0 Å². The summed E-state index contributed by atoms with van der Waals surface area (Å²) in [7, 11) is 3.24. The molecule has 3 heteroatoms. The van der Waals surface area contributed by atoms with Gasteiger partial charge >= 0.3 is 0 Å². The minimum absolute atomic E-state index is 0.348. The van der Waals surface area contributed by atoms with E-state index < -0.39 is 0 Å². The summed E-state index contributed by atoms with van der Waals surface area (Å²) in [5, 5.41) is 0. The van der Waals surface area contributed by atoms with Gasteiger partial charge in [0.15, 0.2) is 0 Å². The Bertz CT molecular complexity index is 370. The van der Waals surface area contributed by atoms with Crippen LogP contribution in [0.15, 0.2) is 6.07 Å². The molecule has 1 aromatic carbocycles. The van der Waals surface area contributed by atoms with Crippen molar-refractivity contribution < 1.29 is 14.3 Å². The maximum atomic E-state index is 10.5. The molecule has 0 aromatic heterocycles. The molecule has 0 radical (unpaired) electrons. The summed E-state index contributed by atoms with van der Waals surface area (Å²) >= 11 is 0. The molecule has 0 spiro atoms. The molecule has 0 saturated carbocycles. The van der Waals surface area contributed by atoms with Crippen LogP contribution in [0.1, 0.15) is 16.7 Å². The average molecular weight is 208 g/mol. The van der Waals surface area contributed by atoms with Gasteiger partial charge in [-0.05, 0) is 31.0 Å². The van der Waals surface area contributed by atoms with E-state index in [1.807, 2.05) is 19.9 Å². The van der Waals surface area contributed by atoms with Crippen molar-refractivity contribution in [2.24, 2.45) is 0 Å². The van der Waals surface area contributed by atoms with Gasteiger partial charge in [-0.15, -0.1) is 0 Å². The smallest absolute Gasteiger partial charge is 0.125 e. The zero-order chi connectivity index (χ0) is 11.4. The Labute approximate surface area is 90.0 Å². The van der Waals surface area contributed by atoms with Crippen LogP contribution in [-0.4, -0.2) is 20.5 Å². The molecule has 0 aliphatic heterocycles. The van der Waals surface area contributed by atoms with Crippen molar-refractivity contribution in [3.63, 3.8) is 0 Å². The molecular formula is C12H16O3. The fourth-order valence-corrected chi connectivity index (χ4v) is 1.67. The molecule has 0 bridgehead atoms. The van der Waals surface area contributed by atoms with E-state index in [2.05, 4.69) is 0 Å². The summed E-state index contributed by atoms with van der Waals surface area (Å²) < 4.78 is 10.5. The van der Waals surface area contributed by atoms with Crippen molar-refractivity contribution in [1.82, 2.24) is 0 Å². The van der Waals surface area contributed by atoms with Crippen LogP contribution in [0.3, 0.4) is 0 Å². The second-order valence-electron chi connectivity index (χ2n) is 3.39. The quantitative estimate of drug-likeness (QED) is 0.710. The Balaban J connectivity index is 3.36. The standard InChI is InChI=1S/C12H16O3/c1-8-9(2)12(15-4)10(5-6-13)7-11(8)14-3/h6-7H,5H2,1-4H3. The van der Waals surface area contributed by atoms with Gasteiger partial charge in [0, 0.05) is 12.0 Å². The van der Waals surface area contributed by atoms with Crippen molar-refractivity contribution in [3.8, 4) is 11.5 Å². The summed E-state index contributed by atoms with van der Waals surface area (Å²) in [4.78, 5) is 10.5. The Morgan fingerprint density at radius 1 is 1.20 bits per heavy atom. The van der Waals surface area contributed by atoms with Crippen LogP contribution in [0.5, 0.6) is 11.5 Å². The predicted molar refractivity (Wildman–Crippen MR) is 58.8 cm³/mol. The summed E-state index contributed by atoms with van der Waals surface area (Å²) in [6.45, 7) is 3.94. The highest BCUT2D eigenvalue weighted by Gasteiger charge is 2.12. The number of ether oxygens (including phenoxy) is 2. The van der Waals surface area contributed by atoms with Gasteiger partial charge in [0.2, 0.25) is 0 Å². The van der Waals surface area contributed by atoms with Gasteiger partial charge in [-0.3, -0.25) is 0 Å². The van der Waals surface area contributed by atoms with Crippen LogP contribution in [0, 0.1) is 13.8 Å². The molecule has 0 saturated heterocycles. The highest BCUT2D eigenvalue weighted by atomic mass is 16.5. The molecule has 3 nitrogen and oxygen atoms in total. The molecule has 0 heterocycles. The SMILES string of the molecule is COc1cc(CC=O)c(OC)c(C)c1C. The first kappa shape index (κ1) is 11.6. The number of methoxy groups -OCH3 is 2. The third-order valence-electron chi connectivity index (χ3n) is 2.60. The Morgan fingerprint density at radius 2 is 1.87 bits per heavy atom. The number of benzene rings is 1. The normalized spacial score (nSPS) is 9.87. The van der Waals surface area contributed by atoms with Crippen LogP contribution in [0.25, 0.3) is 0 Å². The predicted octanol–water partition coefficient (Wildman–Crippen LogP) is 2.06. The van der Waals surface area contributed by atoms with Gasteiger partial charge < -0.3 is 14.3 Å². The second kappa shape index (κ2) is 4.82. The van der Waals surface area contributed by atoms with E-state index in [4.69, 9.17) is 9.47 Å². The molecule has 15 heavy (non-hydrogen) atoms. The lowest BCUT2D eigenvalue weighted by Crippen LogP contribution is -2.00. The largest absolute Gasteiger partial charge is 0.496 e. The van der Waals surface area contributed by atoms with Crippen LogP contribution in [-0.2, 0) is 11.2 Å². The number of carbonyl (C=O) groups excluding carboxylic acids is 1. The second-order valence-corrected chi connectivity index (χ2v) is 3.39. The van der Waals surface area contributed by atoms with Gasteiger partial charge in [-0.25, -0.2) is 0 Å². The molecule has 1 aromatic rings. The number of aldehydes is 1. The van der Waals surface area contributed by atoms with Crippen molar-refractivity contribution in [1.29, 1.82) is 0 Å². The molecule has 0 atom stereocenters. The average Bonchev–Trinajstić information content (AvgIpc) is 2.24. The lowest BCUT2D eigenvalue weighted by atomic mass is 10.0. The molecule has 0 fully saturated rings. The first-order valence-electron chi connectivity index (χ1n) is 4.80. The number of hydrogen-bond donors (Lipinski definition) is 0. The molecule has 0 unspecified atom stereocenters. The zero-order valence-electron chi connectivity index (χ0n) is 9.59. The topological polar surface area (TPSA) is 35.5 Å². The van der Waals surface area contributed by atoms with E-state index in [-0.39, 0.29) is 0 Å². The number of hydrogen-bond acceptors (Lipinski definition) is 3. The van der Waals surface area contributed by atoms with Crippen LogP contribution < -0.4 is 9.47 Å². The fraction of sp³-hybridized carbons (Fsp3) is 0.417. The summed E-state index contributed by atoms with van der Waals surface area (Å²) in [5.41, 5.74) is 2.94. The lowest BCUT2D eigenvalue weighted by Gasteiger charge is -2.15. The molecule has 0 N–H and O–H groups in total. The zero-order valence-corrected chi connectivity index (χ0v) is 9.59. The van der Waals surface area contributed by atoms with E-state index in [1.54, 1.807) is 14.2 Å². The van der Waals surface area contributed by atoms with E-state index in [0.717, 1.165) is 34.5 Å². The van der Waals surface area contributed by atoms with Crippen LogP contribution in [0.4, 0.5) is 0 Å². The van der Waals surface area contributed by atoms with Crippen molar-refractivity contribution in [2.75, 3.05) is 14.2 Å². The first-order chi connectivity index (χ1) is 7.15. The third-order valence-corrected chi connectivity index (χ3v) is 2.60. The Kier molecular flexibility index (Phi) is 3.72. The summed E-state index contributed by atoms with van der Waals surface area (Å²) in [5.74, 6) is 1.57. The number of rotatable bonds is 4. The molecule has 0 amide bonds. The number of carbonyl (C=O) groups is 1. The monoisotopic (exact) mass is 208 g/mol. The third kappa shape index (κ3) is 2.12. The molecule has 82 valence electrons. The first-order valence-corrected chi connectivity index (χ1v) is 4.80. The maximum Gasteiger partial charge on any atom is 0.125 e. The van der Waals surface area contributed by atoms with Crippen molar-refractivity contribution in [3.05, 3.63) is 22.8 Å². The van der Waals surface area contributed by atoms with Gasteiger partial charge in [0.1, 0.15) is 17.8 Å². The lowest BCUT2D eigenvalue weighted by molar-refractivity contribution is -0.107. The molecular weight excluding hydrogens is 192 g/mol. The summed E-state index contributed by atoms with van der Waals surface area (Å²) in [6.07, 6.45) is 1.21. The fourth-order valence-electron chi connectivity index (χ4n) is 1.67. The molecule has 0 aliphatic rings. The van der Waals surface area contributed by atoms with E-state index in [0.29, 0.717) is 6.42 Å². The van der Waals surface area contributed by atoms with Gasteiger partial charge in [0.25, 0.3) is 0 Å². The van der Waals surface area contributed by atoms with Gasteiger partial charge in [0.05, 0.1) is 14.2 Å². The van der Waals surface area contributed by atoms with E-state index in [9.17, 15) is 4.79 Å². The Morgan fingerprint density at radius 3 is 2.33 bits per heavy atom. The summed E-state index contributed by atoms with van der Waals surface area (Å²) in [6, 6.07) is 1.86. The van der Waals surface area contributed by atoms with Crippen LogP contribution in [0.2, 0.25) is 0 Å². The minimum Gasteiger partial charge on any atom is -0.496 e. The Hall–Kier alpha value is -1.51. The minimum atomic E-state index is 0.348. The van der Waals surface area contributed by atoms with E-state index in [1.165, 1.54) is 0 Å². The maximum absolute atomic E-state index is 10.5. The molecule has 0 aliphatic carbocycles. The van der Waals surface area contributed by atoms with E-state index >= 15 is 0 Å².